The Balaban J connectivity index is 2.33. The first kappa shape index (κ1) is 7.35. The lowest BCUT2D eigenvalue weighted by Gasteiger charge is -2.00. The molecule has 1 aliphatic rings. The van der Waals surface area contributed by atoms with E-state index in [1.54, 1.807) is 0 Å². The average Bonchev–Trinajstić information content (AvgIpc) is 2.56. The molecule has 0 aliphatic carbocycles. The van der Waals surface area contributed by atoms with Crippen LogP contribution in [0, 0.1) is 0 Å². The van der Waals surface area contributed by atoms with Crippen LogP contribution in [0.2, 0.25) is 0 Å². The van der Waals surface area contributed by atoms with Gasteiger partial charge >= 0.3 is 0 Å². The Morgan fingerprint density at radius 1 is 1.33 bits per heavy atom. The van der Waals surface area contributed by atoms with Gasteiger partial charge in [-0.3, -0.25) is 4.99 Å². The number of nitrogens with zero attached hydrogens (tertiary/aromatic N) is 1. The fourth-order valence-corrected chi connectivity index (χ4v) is 1.49. The van der Waals surface area contributed by atoms with Gasteiger partial charge in [-0.1, -0.05) is 12.1 Å². The Hall–Kier alpha value is -1.31. The molecule has 0 radical (unpaired) electrons. The SMILES string of the molecule is Nc1cccc(C2=NCCC2)c1. The largest absolute Gasteiger partial charge is 0.399 e. The molecule has 0 bridgehead atoms. The minimum Gasteiger partial charge on any atom is -0.399 e. The van der Waals surface area contributed by atoms with Crippen LogP contribution in [0.15, 0.2) is 29.3 Å². The topological polar surface area (TPSA) is 38.4 Å². The fraction of sp³-hybridized carbons (Fsp3) is 0.300. The maximum absolute atomic E-state index is 5.67. The number of benzene rings is 1. The van der Waals surface area contributed by atoms with E-state index in [-0.39, 0.29) is 0 Å². The summed E-state index contributed by atoms with van der Waals surface area (Å²) in [4.78, 5) is 4.41. The molecule has 2 rings (SSSR count). The average molecular weight is 160 g/mol. The summed E-state index contributed by atoms with van der Waals surface area (Å²) in [5, 5.41) is 0. The molecule has 0 aromatic heterocycles. The molecular weight excluding hydrogens is 148 g/mol. The van der Waals surface area contributed by atoms with Crippen LogP contribution in [0.3, 0.4) is 0 Å². The van der Waals surface area contributed by atoms with Crippen LogP contribution in [0.25, 0.3) is 0 Å². The van der Waals surface area contributed by atoms with Crippen molar-refractivity contribution in [3.05, 3.63) is 29.8 Å². The lowest BCUT2D eigenvalue weighted by Crippen LogP contribution is -1.96. The van der Waals surface area contributed by atoms with Gasteiger partial charge in [0.25, 0.3) is 0 Å². The Labute approximate surface area is 72.1 Å². The van der Waals surface area contributed by atoms with E-state index < -0.39 is 0 Å². The number of nitrogens with two attached hydrogens (primary N) is 1. The molecule has 0 saturated carbocycles. The molecule has 1 aromatic rings. The minimum absolute atomic E-state index is 0.821. The molecular formula is C10H12N2. The van der Waals surface area contributed by atoms with Gasteiger partial charge in [-0.2, -0.15) is 0 Å². The fourth-order valence-electron chi connectivity index (χ4n) is 1.49. The van der Waals surface area contributed by atoms with Crippen molar-refractivity contribution in [3.8, 4) is 0 Å². The van der Waals surface area contributed by atoms with E-state index in [9.17, 15) is 0 Å². The molecule has 0 unspecified atom stereocenters. The van der Waals surface area contributed by atoms with Crippen LogP contribution in [0.5, 0.6) is 0 Å². The molecule has 2 nitrogen and oxygen atoms in total. The van der Waals surface area contributed by atoms with Crippen molar-refractivity contribution in [1.82, 2.24) is 0 Å². The van der Waals surface area contributed by atoms with Crippen molar-refractivity contribution in [2.24, 2.45) is 4.99 Å². The van der Waals surface area contributed by atoms with E-state index in [1.165, 1.54) is 17.7 Å². The number of nitrogen functional groups attached to an aromatic ring is 1. The first-order chi connectivity index (χ1) is 5.86. The van der Waals surface area contributed by atoms with Gasteiger partial charge in [-0.25, -0.2) is 0 Å². The van der Waals surface area contributed by atoms with Gasteiger partial charge in [-0.05, 0) is 30.5 Å². The van der Waals surface area contributed by atoms with Gasteiger partial charge in [0, 0.05) is 17.9 Å². The van der Waals surface area contributed by atoms with Crippen LogP contribution >= 0.6 is 0 Å². The molecule has 1 heterocycles. The highest BCUT2D eigenvalue weighted by atomic mass is 14.8. The monoisotopic (exact) mass is 160 g/mol. The van der Waals surface area contributed by atoms with E-state index in [1.807, 2.05) is 18.2 Å². The summed E-state index contributed by atoms with van der Waals surface area (Å²) in [6.45, 7) is 0.976. The van der Waals surface area contributed by atoms with Crippen LogP contribution in [0.1, 0.15) is 18.4 Å². The normalized spacial score (nSPS) is 16.2. The highest BCUT2D eigenvalue weighted by Crippen LogP contribution is 2.14. The third-order valence-electron chi connectivity index (χ3n) is 2.09. The maximum Gasteiger partial charge on any atom is 0.0421 e. The number of hydrogen-bond donors (Lipinski definition) is 1. The van der Waals surface area contributed by atoms with Gasteiger partial charge in [0.15, 0.2) is 0 Å². The molecule has 62 valence electrons. The lowest BCUT2D eigenvalue weighted by molar-refractivity contribution is 0.951. The highest BCUT2D eigenvalue weighted by Gasteiger charge is 2.07. The Morgan fingerprint density at radius 2 is 2.25 bits per heavy atom. The number of rotatable bonds is 1. The summed E-state index contributed by atoms with van der Waals surface area (Å²) in [6, 6.07) is 7.94. The van der Waals surface area contributed by atoms with Crippen LogP contribution in [-0.4, -0.2) is 12.3 Å². The molecule has 1 aromatic carbocycles. The number of aliphatic imine (C=N–C) groups is 1. The molecule has 0 atom stereocenters. The first-order valence-corrected chi connectivity index (χ1v) is 4.25. The predicted molar refractivity (Wildman–Crippen MR) is 51.5 cm³/mol. The molecule has 0 fully saturated rings. The molecule has 1 aliphatic heterocycles. The van der Waals surface area contributed by atoms with Gasteiger partial charge < -0.3 is 5.73 Å². The zero-order valence-corrected chi connectivity index (χ0v) is 6.96. The Morgan fingerprint density at radius 3 is 2.92 bits per heavy atom. The smallest absolute Gasteiger partial charge is 0.0421 e. The van der Waals surface area contributed by atoms with Crippen LogP contribution in [0.4, 0.5) is 5.69 Å². The summed E-state index contributed by atoms with van der Waals surface area (Å²) in [5.41, 5.74) is 8.89. The van der Waals surface area contributed by atoms with Gasteiger partial charge in [-0.15, -0.1) is 0 Å². The van der Waals surface area contributed by atoms with E-state index >= 15 is 0 Å². The van der Waals surface area contributed by atoms with E-state index in [0.29, 0.717) is 0 Å². The third kappa shape index (κ3) is 1.33. The zero-order chi connectivity index (χ0) is 8.39. The minimum atomic E-state index is 0.821. The summed E-state index contributed by atoms with van der Waals surface area (Å²) in [7, 11) is 0. The molecule has 0 spiro atoms. The number of anilines is 1. The van der Waals surface area contributed by atoms with Crippen molar-refractivity contribution >= 4 is 11.4 Å². The molecule has 12 heavy (non-hydrogen) atoms. The zero-order valence-electron chi connectivity index (χ0n) is 6.96. The van der Waals surface area contributed by atoms with Crippen molar-refractivity contribution in [2.45, 2.75) is 12.8 Å². The number of hydrogen-bond acceptors (Lipinski definition) is 2. The standard InChI is InChI=1S/C10H12N2/c11-9-4-1-3-8(7-9)10-5-2-6-12-10/h1,3-4,7H,2,5-6,11H2. The van der Waals surface area contributed by atoms with E-state index in [0.717, 1.165) is 18.7 Å². The molecule has 0 amide bonds. The van der Waals surface area contributed by atoms with Crippen molar-refractivity contribution in [1.29, 1.82) is 0 Å². The van der Waals surface area contributed by atoms with Crippen molar-refractivity contribution in [3.63, 3.8) is 0 Å². The summed E-state index contributed by atoms with van der Waals surface area (Å²) in [5.74, 6) is 0. The third-order valence-corrected chi connectivity index (χ3v) is 2.09. The quantitative estimate of drug-likeness (QED) is 0.625. The van der Waals surface area contributed by atoms with Gasteiger partial charge in [0.05, 0.1) is 0 Å². The van der Waals surface area contributed by atoms with E-state index in [4.69, 9.17) is 5.73 Å². The second kappa shape index (κ2) is 2.97. The van der Waals surface area contributed by atoms with Crippen molar-refractivity contribution < 1.29 is 0 Å². The summed E-state index contributed by atoms with van der Waals surface area (Å²) < 4.78 is 0. The van der Waals surface area contributed by atoms with E-state index in [2.05, 4.69) is 11.1 Å². The Kier molecular flexibility index (Phi) is 1.82. The van der Waals surface area contributed by atoms with Gasteiger partial charge in [0.1, 0.15) is 0 Å². The lowest BCUT2D eigenvalue weighted by atomic mass is 10.1. The molecule has 2 N–H and O–H groups in total. The summed E-state index contributed by atoms with van der Waals surface area (Å²) in [6.07, 6.45) is 2.29. The molecule has 2 heteroatoms. The predicted octanol–water partition coefficient (Wildman–Crippen LogP) is 1.85. The van der Waals surface area contributed by atoms with Crippen LogP contribution in [-0.2, 0) is 0 Å². The second-order valence-corrected chi connectivity index (χ2v) is 3.06. The van der Waals surface area contributed by atoms with Gasteiger partial charge in [0.2, 0.25) is 0 Å². The molecule has 0 saturated heterocycles. The summed E-state index contributed by atoms with van der Waals surface area (Å²) >= 11 is 0. The Bertz CT molecular complexity index is 315. The van der Waals surface area contributed by atoms with Crippen LogP contribution < -0.4 is 5.73 Å². The first-order valence-electron chi connectivity index (χ1n) is 4.25. The second-order valence-electron chi connectivity index (χ2n) is 3.06. The maximum atomic E-state index is 5.67. The highest BCUT2D eigenvalue weighted by molar-refractivity contribution is 6.02. The van der Waals surface area contributed by atoms with Crippen molar-refractivity contribution in [2.75, 3.05) is 12.3 Å².